The molecule has 0 saturated carbocycles. The van der Waals surface area contributed by atoms with E-state index in [-0.39, 0.29) is 11.3 Å². The molecule has 0 atom stereocenters. The van der Waals surface area contributed by atoms with E-state index in [1.807, 2.05) is 24.4 Å². The van der Waals surface area contributed by atoms with E-state index < -0.39 is 0 Å². The lowest BCUT2D eigenvalue weighted by atomic mass is 10.7. The lowest BCUT2D eigenvalue weighted by Gasteiger charge is -2.02. The second-order valence-corrected chi connectivity index (χ2v) is 5.19. The van der Waals surface area contributed by atoms with Gasteiger partial charge in [-0.3, -0.25) is 0 Å². The van der Waals surface area contributed by atoms with Gasteiger partial charge in [-0.2, -0.15) is 15.0 Å². The second-order valence-electron chi connectivity index (χ2n) is 2.64. The predicted octanol–water partition coefficient (Wildman–Crippen LogP) is 3.14. The lowest BCUT2D eigenvalue weighted by molar-refractivity contribution is 0.307. The van der Waals surface area contributed by atoms with Gasteiger partial charge >= 0.3 is 6.01 Å². The van der Waals surface area contributed by atoms with Crippen LogP contribution < -0.4 is 4.74 Å². The van der Waals surface area contributed by atoms with Crippen molar-refractivity contribution in [3.63, 3.8) is 0 Å². The van der Waals surface area contributed by atoms with E-state index in [4.69, 9.17) is 16.3 Å². The zero-order valence-electron chi connectivity index (χ0n) is 8.38. The average molecular weight is 274 g/mol. The lowest BCUT2D eigenvalue weighted by Crippen LogP contribution is -2.00. The highest BCUT2D eigenvalue weighted by Crippen LogP contribution is 2.29. The number of aromatic nitrogens is 3. The number of hydrogen-bond acceptors (Lipinski definition) is 6. The third-order valence-electron chi connectivity index (χ3n) is 1.53. The minimum atomic E-state index is 0.150. The average Bonchev–Trinajstić information content (AvgIpc) is 2.70. The summed E-state index contributed by atoms with van der Waals surface area (Å²) in [7, 11) is 0. The minimum Gasteiger partial charge on any atom is -0.464 e. The van der Waals surface area contributed by atoms with Crippen LogP contribution in [-0.2, 0) is 0 Å². The van der Waals surface area contributed by atoms with Crippen LogP contribution in [0.3, 0.4) is 0 Å². The molecule has 0 aliphatic heterocycles. The first-order chi connectivity index (χ1) is 7.78. The van der Waals surface area contributed by atoms with E-state index >= 15 is 0 Å². The number of nitrogens with zero attached hydrogens (tertiary/aromatic N) is 3. The largest absolute Gasteiger partial charge is 0.464 e. The quantitative estimate of drug-likeness (QED) is 0.856. The number of halogens is 1. The zero-order valence-corrected chi connectivity index (χ0v) is 10.8. The Labute approximate surface area is 106 Å². The normalized spacial score (nSPS) is 10.4. The van der Waals surface area contributed by atoms with Gasteiger partial charge < -0.3 is 4.74 Å². The molecular weight excluding hydrogens is 266 g/mol. The molecule has 2 aromatic heterocycles. The maximum absolute atomic E-state index is 5.77. The fourth-order valence-corrected chi connectivity index (χ4v) is 2.78. The predicted molar refractivity (Wildman–Crippen MR) is 64.4 cm³/mol. The van der Waals surface area contributed by atoms with E-state index in [0.29, 0.717) is 11.8 Å². The highest BCUT2D eigenvalue weighted by atomic mass is 35.5. The van der Waals surface area contributed by atoms with Crippen molar-refractivity contribution >= 4 is 34.7 Å². The fourth-order valence-electron chi connectivity index (χ4n) is 0.965. The number of ether oxygens (including phenoxy) is 1. The summed E-state index contributed by atoms with van der Waals surface area (Å²) in [6.45, 7) is 2.37. The SMILES string of the molecule is CCOc1nc(Cl)nc(Sc2cccs2)n1. The van der Waals surface area contributed by atoms with E-state index in [2.05, 4.69) is 15.0 Å². The van der Waals surface area contributed by atoms with Crippen molar-refractivity contribution in [3.05, 3.63) is 22.8 Å². The summed E-state index contributed by atoms with van der Waals surface area (Å²) in [4.78, 5) is 12.0. The summed E-state index contributed by atoms with van der Waals surface area (Å²) in [6.07, 6.45) is 0. The van der Waals surface area contributed by atoms with Crippen LogP contribution in [0.1, 0.15) is 6.92 Å². The van der Waals surface area contributed by atoms with Crippen LogP contribution in [0.5, 0.6) is 6.01 Å². The first-order valence-electron chi connectivity index (χ1n) is 4.53. The first kappa shape index (κ1) is 11.6. The molecule has 0 bridgehead atoms. The third-order valence-corrected chi connectivity index (χ3v) is 3.60. The summed E-state index contributed by atoms with van der Waals surface area (Å²) in [5.41, 5.74) is 0. The summed E-state index contributed by atoms with van der Waals surface area (Å²) < 4.78 is 6.29. The third kappa shape index (κ3) is 3.07. The molecule has 0 aromatic carbocycles. The number of hydrogen-bond donors (Lipinski definition) is 0. The summed E-state index contributed by atoms with van der Waals surface area (Å²) in [5, 5.41) is 2.69. The Morgan fingerprint density at radius 3 is 3.00 bits per heavy atom. The second kappa shape index (κ2) is 5.47. The molecule has 0 saturated heterocycles. The summed E-state index contributed by atoms with van der Waals surface area (Å²) in [6, 6.07) is 4.23. The Morgan fingerprint density at radius 2 is 2.31 bits per heavy atom. The monoisotopic (exact) mass is 273 g/mol. The fraction of sp³-hybridized carbons (Fsp3) is 0.222. The topological polar surface area (TPSA) is 47.9 Å². The Hall–Kier alpha value is -0.850. The van der Waals surface area contributed by atoms with E-state index in [0.717, 1.165) is 4.21 Å². The minimum absolute atomic E-state index is 0.150. The maximum Gasteiger partial charge on any atom is 0.321 e. The molecule has 4 nitrogen and oxygen atoms in total. The zero-order chi connectivity index (χ0) is 11.4. The van der Waals surface area contributed by atoms with E-state index in [1.165, 1.54) is 11.8 Å². The molecule has 0 spiro atoms. The molecule has 2 rings (SSSR count). The van der Waals surface area contributed by atoms with Crippen LogP contribution in [-0.4, -0.2) is 21.6 Å². The molecule has 2 heterocycles. The van der Waals surface area contributed by atoms with Crippen molar-refractivity contribution in [2.75, 3.05) is 6.61 Å². The van der Waals surface area contributed by atoms with Crippen LogP contribution in [0.4, 0.5) is 0 Å². The van der Waals surface area contributed by atoms with Crippen molar-refractivity contribution in [2.24, 2.45) is 0 Å². The molecule has 0 aliphatic rings. The Morgan fingerprint density at radius 1 is 1.44 bits per heavy atom. The summed E-state index contributed by atoms with van der Waals surface area (Å²) >= 11 is 8.84. The number of rotatable bonds is 4. The van der Waals surface area contributed by atoms with Crippen LogP contribution in [0.15, 0.2) is 26.9 Å². The van der Waals surface area contributed by atoms with Crippen molar-refractivity contribution in [2.45, 2.75) is 16.3 Å². The molecule has 0 amide bonds. The van der Waals surface area contributed by atoms with Crippen LogP contribution in [0.25, 0.3) is 0 Å². The van der Waals surface area contributed by atoms with E-state index in [1.54, 1.807) is 11.3 Å². The highest BCUT2D eigenvalue weighted by Gasteiger charge is 2.07. The molecular formula is C9H8ClN3OS2. The molecule has 16 heavy (non-hydrogen) atoms. The van der Waals surface area contributed by atoms with Crippen LogP contribution in [0.2, 0.25) is 5.28 Å². The van der Waals surface area contributed by atoms with Gasteiger partial charge in [-0.15, -0.1) is 11.3 Å². The van der Waals surface area contributed by atoms with Crippen molar-refractivity contribution in [3.8, 4) is 6.01 Å². The van der Waals surface area contributed by atoms with Gasteiger partial charge in [0.1, 0.15) is 0 Å². The van der Waals surface area contributed by atoms with Crippen molar-refractivity contribution in [1.82, 2.24) is 15.0 Å². The van der Waals surface area contributed by atoms with Crippen LogP contribution >= 0.6 is 34.7 Å². The van der Waals surface area contributed by atoms with Gasteiger partial charge in [0.05, 0.1) is 10.8 Å². The maximum atomic E-state index is 5.77. The standard InChI is InChI=1S/C9H8ClN3OS2/c1-2-14-8-11-7(10)12-9(13-8)16-6-4-3-5-15-6/h3-5H,2H2,1H3. The van der Waals surface area contributed by atoms with Gasteiger partial charge in [0.25, 0.3) is 0 Å². The van der Waals surface area contributed by atoms with Gasteiger partial charge in [-0.1, -0.05) is 6.07 Å². The molecule has 0 radical (unpaired) electrons. The molecule has 0 N–H and O–H groups in total. The molecule has 2 aromatic rings. The Balaban J connectivity index is 2.20. The Kier molecular flexibility index (Phi) is 3.98. The molecule has 0 unspecified atom stereocenters. The van der Waals surface area contributed by atoms with Crippen LogP contribution in [0, 0.1) is 0 Å². The van der Waals surface area contributed by atoms with Gasteiger partial charge in [-0.25, -0.2) is 0 Å². The smallest absolute Gasteiger partial charge is 0.321 e. The molecule has 0 fully saturated rings. The van der Waals surface area contributed by atoms with Gasteiger partial charge in [0, 0.05) is 0 Å². The number of thiophene rings is 1. The Bertz CT molecular complexity index is 464. The first-order valence-corrected chi connectivity index (χ1v) is 6.61. The van der Waals surface area contributed by atoms with Crippen molar-refractivity contribution in [1.29, 1.82) is 0 Å². The van der Waals surface area contributed by atoms with E-state index in [9.17, 15) is 0 Å². The molecule has 84 valence electrons. The van der Waals surface area contributed by atoms with Gasteiger partial charge in [0.15, 0.2) is 0 Å². The molecule has 0 aliphatic carbocycles. The molecule has 7 heteroatoms. The highest BCUT2D eigenvalue weighted by molar-refractivity contribution is 8.01. The summed E-state index contributed by atoms with van der Waals surface area (Å²) in [5.74, 6) is 0. The van der Waals surface area contributed by atoms with Crippen molar-refractivity contribution < 1.29 is 4.74 Å². The van der Waals surface area contributed by atoms with Gasteiger partial charge in [-0.05, 0) is 41.7 Å². The van der Waals surface area contributed by atoms with Gasteiger partial charge in [0.2, 0.25) is 10.4 Å².